The molecule has 1 heterocycles. The molecule has 2 rings (SSSR count). The van der Waals surface area contributed by atoms with Crippen molar-refractivity contribution in [3.8, 4) is 11.6 Å². The van der Waals surface area contributed by atoms with E-state index in [-0.39, 0.29) is 37.7 Å². The molecule has 60 valence electrons. The quantitative estimate of drug-likeness (QED) is 0.245. The SMILES string of the molecule is [Li+].[Li+].[O-]c1[c-][n+](-c2[c-]cccc2)no1. The molecule has 0 aliphatic rings. The maximum atomic E-state index is 10.5. The van der Waals surface area contributed by atoms with Gasteiger partial charge in [-0.25, -0.2) is 10.7 Å². The number of para-hydroxylation sites is 1. The molecular weight excluding hydrogens is 170 g/mol. The molecule has 1 aromatic carbocycles. The summed E-state index contributed by atoms with van der Waals surface area (Å²) < 4.78 is 5.51. The monoisotopic (exact) mass is 174 g/mol. The fraction of sp³-hybridized carbons (Fsp3) is 0. The van der Waals surface area contributed by atoms with Crippen molar-refractivity contribution in [1.82, 2.24) is 5.27 Å². The van der Waals surface area contributed by atoms with Crippen LogP contribution in [0.2, 0.25) is 0 Å². The van der Waals surface area contributed by atoms with E-state index in [2.05, 4.69) is 22.1 Å². The molecule has 0 N–H and O–H groups in total. The molecule has 14 heavy (non-hydrogen) atoms. The van der Waals surface area contributed by atoms with Crippen molar-refractivity contribution in [2.45, 2.75) is 0 Å². The number of nitrogens with zero attached hydrogens (tertiary/aromatic N) is 2. The van der Waals surface area contributed by atoms with Crippen LogP contribution < -0.4 is 47.5 Å². The second-order valence-electron chi connectivity index (χ2n) is 2.13. The van der Waals surface area contributed by atoms with Gasteiger partial charge in [0.15, 0.2) is 0 Å². The molecule has 0 amide bonds. The summed E-state index contributed by atoms with van der Waals surface area (Å²) in [5.41, 5.74) is 0.628. The van der Waals surface area contributed by atoms with Crippen LogP contribution in [-0.4, -0.2) is 5.27 Å². The third kappa shape index (κ3) is 2.94. The van der Waals surface area contributed by atoms with Gasteiger partial charge in [-0.1, -0.05) is 0 Å². The number of benzene rings is 1. The fourth-order valence-corrected chi connectivity index (χ4v) is 0.825. The molecular formula is C8H4Li2N2O2. The average molecular weight is 174 g/mol. The van der Waals surface area contributed by atoms with Crippen LogP contribution in [0, 0.1) is 12.3 Å². The fourth-order valence-electron chi connectivity index (χ4n) is 0.825. The molecule has 0 unspecified atom stereocenters. The first kappa shape index (κ1) is 13.4. The molecule has 2 aromatic rings. The van der Waals surface area contributed by atoms with E-state index in [9.17, 15) is 5.11 Å². The minimum absolute atomic E-state index is 0. The third-order valence-corrected chi connectivity index (χ3v) is 1.32. The predicted octanol–water partition coefficient (Wildman–Crippen LogP) is -6.37. The largest absolute Gasteiger partial charge is 1.00 e. The molecule has 4 nitrogen and oxygen atoms in total. The van der Waals surface area contributed by atoms with E-state index in [1.807, 2.05) is 12.1 Å². The molecule has 0 aliphatic heterocycles. The van der Waals surface area contributed by atoms with Gasteiger partial charge >= 0.3 is 37.7 Å². The van der Waals surface area contributed by atoms with Gasteiger partial charge in [0.25, 0.3) is 0 Å². The van der Waals surface area contributed by atoms with Gasteiger partial charge in [0.1, 0.15) is 6.20 Å². The minimum atomic E-state index is -0.591. The zero-order valence-corrected chi connectivity index (χ0v) is 8.02. The zero-order valence-electron chi connectivity index (χ0n) is 8.02. The summed E-state index contributed by atoms with van der Waals surface area (Å²) in [4.78, 5) is 0. The van der Waals surface area contributed by atoms with Crippen molar-refractivity contribution in [2.24, 2.45) is 0 Å². The van der Waals surface area contributed by atoms with Crippen molar-refractivity contribution in [2.75, 3.05) is 0 Å². The Morgan fingerprint density at radius 2 is 2.14 bits per heavy atom. The normalized spacial score (nSPS) is 8.57. The van der Waals surface area contributed by atoms with Crippen LogP contribution in [0.1, 0.15) is 0 Å². The van der Waals surface area contributed by atoms with Gasteiger partial charge in [-0.05, 0) is 5.69 Å². The maximum absolute atomic E-state index is 10.5. The van der Waals surface area contributed by atoms with Gasteiger partial charge in [-0.2, -0.15) is 24.3 Å². The Hall–Kier alpha value is -0.645. The summed E-state index contributed by atoms with van der Waals surface area (Å²) in [6, 6.07) is 9.97. The van der Waals surface area contributed by atoms with E-state index in [4.69, 9.17) is 0 Å². The summed E-state index contributed by atoms with van der Waals surface area (Å²) in [7, 11) is 0. The van der Waals surface area contributed by atoms with Gasteiger partial charge in [-0.3, -0.25) is 0 Å². The molecule has 6 heteroatoms. The second-order valence-corrected chi connectivity index (χ2v) is 2.13. The van der Waals surface area contributed by atoms with Crippen LogP contribution in [0.3, 0.4) is 0 Å². The molecule has 0 atom stereocenters. The van der Waals surface area contributed by atoms with Gasteiger partial charge < -0.3 is 9.63 Å². The van der Waals surface area contributed by atoms with Crippen molar-refractivity contribution < 1.29 is 52.0 Å². The number of hydrogen-bond donors (Lipinski definition) is 0. The van der Waals surface area contributed by atoms with Crippen LogP contribution in [0.25, 0.3) is 5.69 Å². The van der Waals surface area contributed by atoms with E-state index >= 15 is 0 Å². The van der Waals surface area contributed by atoms with Gasteiger partial charge in [0, 0.05) is 5.27 Å². The topological polar surface area (TPSA) is 53.0 Å². The van der Waals surface area contributed by atoms with E-state index < -0.39 is 5.95 Å². The predicted molar refractivity (Wildman–Crippen MR) is 35.2 cm³/mol. The Morgan fingerprint density at radius 3 is 2.64 bits per heavy atom. The Morgan fingerprint density at radius 1 is 1.36 bits per heavy atom. The molecule has 0 spiro atoms. The molecule has 0 saturated carbocycles. The van der Waals surface area contributed by atoms with Gasteiger partial charge in [0.2, 0.25) is 0 Å². The molecule has 0 fully saturated rings. The number of rotatable bonds is 1. The first-order valence-electron chi connectivity index (χ1n) is 3.32. The summed E-state index contributed by atoms with van der Waals surface area (Å²) in [5, 5.41) is 14.0. The van der Waals surface area contributed by atoms with Gasteiger partial charge in [-0.15, -0.1) is 0 Å². The van der Waals surface area contributed by atoms with Crippen molar-refractivity contribution in [1.29, 1.82) is 0 Å². The molecule has 0 bridgehead atoms. The Labute approximate surface area is 105 Å². The molecule has 0 radical (unpaired) electrons. The van der Waals surface area contributed by atoms with Crippen LogP contribution in [-0.2, 0) is 0 Å². The molecule has 1 aromatic heterocycles. The summed E-state index contributed by atoms with van der Waals surface area (Å²) >= 11 is 0. The molecule has 0 saturated heterocycles. The minimum Gasteiger partial charge on any atom is -0.560 e. The summed E-state index contributed by atoms with van der Waals surface area (Å²) in [5.74, 6) is -0.591. The van der Waals surface area contributed by atoms with Gasteiger partial charge in [0.05, 0.1) is 5.95 Å². The van der Waals surface area contributed by atoms with Crippen molar-refractivity contribution in [3.63, 3.8) is 0 Å². The van der Waals surface area contributed by atoms with E-state index in [1.165, 1.54) is 4.68 Å². The average Bonchev–Trinajstić information content (AvgIpc) is 2.54. The summed E-state index contributed by atoms with van der Waals surface area (Å²) in [6.45, 7) is 0. The Bertz CT molecular complexity index is 378. The maximum Gasteiger partial charge on any atom is 1.00 e. The Kier molecular flexibility index (Phi) is 5.68. The van der Waals surface area contributed by atoms with E-state index in [1.54, 1.807) is 12.1 Å². The van der Waals surface area contributed by atoms with Crippen LogP contribution in [0.5, 0.6) is 5.95 Å². The van der Waals surface area contributed by atoms with Crippen molar-refractivity contribution in [3.05, 3.63) is 36.5 Å². The van der Waals surface area contributed by atoms with E-state index in [0.29, 0.717) is 5.69 Å². The zero-order chi connectivity index (χ0) is 8.39. The molecule has 0 aliphatic carbocycles. The standard InChI is InChI=1S/C8H5N2O2.2Li/c11-8-6-10(9-12-8)7-4-2-1-3-5-7;;/h1-4,11H;;/q-1;2*+1/p-1. The van der Waals surface area contributed by atoms with Crippen LogP contribution in [0.4, 0.5) is 0 Å². The third-order valence-electron chi connectivity index (χ3n) is 1.32. The first-order chi connectivity index (χ1) is 5.86. The van der Waals surface area contributed by atoms with Crippen LogP contribution in [0.15, 0.2) is 28.8 Å². The van der Waals surface area contributed by atoms with Crippen LogP contribution >= 0.6 is 0 Å². The first-order valence-corrected chi connectivity index (χ1v) is 3.32. The Balaban J connectivity index is 0.000000845. The number of hydrogen-bond acceptors (Lipinski definition) is 3. The second kappa shape index (κ2) is 5.96. The number of aromatic nitrogens is 2. The van der Waals surface area contributed by atoms with Crippen molar-refractivity contribution >= 4 is 0 Å². The van der Waals surface area contributed by atoms with E-state index in [0.717, 1.165) is 0 Å². The summed E-state index contributed by atoms with van der Waals surface area (Å²) in [6.07, 6.45) is 2.34. The smallest absolute Gasteiger partial charge is 0.560 e.